The molecular weight excluding hydrogens is 278 g/mol. The van der Waals surface area contributed by atoms with Crippen LogP contribution in [0.2, 0.25) is 5.02 Å². The summed E-state index contributed by atoms with van der Waals surface area (Å²) in [6, 6.07) is 6.95. The van der Waals surface area contributed by atoms with Crippen molar-refractivity contribution in [2.75, 3.05) is 11.1 Å². The number of nitrogen functional groups attached to an aromatic ring is 1. The van der Waals surface area contributed by atoms with E-state index in [4.69, 9.17) is 22.6 Å². The minimum atomic E-state index is 0.119. The maximum atomic E-state index is 8.81. The zero-order valence-electron chi connectivity index (χ0n) is 10.1. The highest BCUT2D eigenvalue weighted by molar-refractivity contribution is 6.33. The fourth-order valence-corrected chi connectivity index (χ4v) is 1.99. The Hall–Kier alpha value is -2.85. The molecule has 0 bridgehead atoms. The lowest BCUT2D eigenvalue weighted by Crippen LogP contribution is -2.01. The first-order chi connectivity index (χ1) is 9.67. The van der Waals surface area contributed by atoms with E-state index in [9.17, 15) is 0 Å². The van der Waals surface area contributed by atoms with Gasteiger partial charge in [0.05, 0.1) is 33.9 Å². The summed E-state index contributed by atoms with van der Waals surface area (Å²) >= 11 is 6.11. The van der Waals surface area contributed by atoms with Crippen LogP contribution in [0, 0.1) is 11.3 Å². The number of nitriles is 1. The van der Waals surface area contributed by atoms with Crippen molar-refractivity contribution >= 4 is 40.1 Å². The van der Waals surface area contributed by atoms with Gasteiger partial charge in [0.25, 0.3) is 0 Å². The Bertz CT molecular complexity index is 833. The van der Waals surface area contributed by atoms with Crippen LogP contribution in [0.1, 0.15) is 5.56 Å². The molecule has 20 heavy (non-hydrogen) atoms. The Labute approximate surface area is 118 Å². The number of hydrogen-bond acceptors (Lipinski definition) is 6. The molecule has 0 aliphatic carbocycles. The Morgan fingerprint density at radius 1 is 1.35 bits per heavy atom. The van der Waals surface area contributed by atoms with E-state index in [0.29, 0.717) is 33.1 Å². The molecule has 0 spiro atoms. The molecule has 3 aromatic rings. The SMILES string of the molecule is N#Cc1ccc(Nc2nc(N)nc3[nH]ncc23)c(Cl)c1. The van der Waals surface area contributed by atoms with Gasteiger partial charge >= 0.3 is 0 Å². The van der Waals surface area contributed by atoms with Gasteiger partial charge in [-0.1, -0.05) is 11.6 Å². The maximum absolute atomic E-state index is 8.81. The number of benzene rings is 1. The number of anilines is 3. The first kappa shape index (κ1) is 12.2. The lowest BCUT2D eigenvalue weighted by molar-refractivity contribution is 1.09. The summed E-state index contributed by atoms with van der Waals surface area (Å²) in [7, 11) is 0. The summed E-state index contributed by atoms with van der Waals surface area (Å²) in [5.41, 5.74) is 7.27. The number of halogens is 1. The van der Waals surface area contributed by atoms with Crippen LogP contribution in [-0.4, -0.2) is 20.2 Å². The van der Waals surface area contributed by atoms with Crippen LogP contribution in [0.3, 0.4) is 0 Å². The molecule has 2 aromatic heterocycles. The van der Waals surface area contributed by atoms with Gasteiger partial charge in [-0.05, 0) is 18.2 Å². The maximum Gasteiger partial charge on any atom is 0.224 e. The molecule has 98 valence electrons. The second-order valence-corrected chi connectivity index (χ2v) is 4.40. The monoisotopic (exact) mass is 285 g/mol. The topological polar surface area (TPSA) is 116 Å². The van der Waals surface area contributed by atoms with Crippen LogP contribution >= 0.6 is 11.6 Å². The Balaban J connectivity index is 2.05. The number of aromatic nitrogens is 4. The smallest absolute Gasteiger partial charge is 0.224 e. The largest absolute Gasteiger partial charge is 0.368 e. The number of H-pyrrole nitrogens is 1. The van der Waals surface area contributed by atoms with Crippen LogP contribution in [0.5, 0.6) is 0 Å². The summed E-state index contributed by atoms with van der Waals surface area (Å²) < 4.78 is 0. The Morgan fingerprint density at radius 2 is 2.20 bits per heavy atom. The van der Waals surface area contributed by atoms with Crippen molar-refractivity contribution in [2.45, 2.75) is 0 Å². The molecule has 2 heterocycles. The molecule has 0 atom stereocenters. The predicted molar refractivity (Wildman–Crippen MR) is 75.5 cm³/mol. The van der Waals surface area contributed by atoms with Crippen LogP contribution in [-0.2, 0) is 0 Å². The zero-order chi connectivity index (χ0) is 14.1. The van der Waals surface area contributed by atoms with E-state index in [-0.39, 0.29) is 5.95 Å². The van der Waals surface area contributed by atoms with Gasteiger partial charge < -0.3 is 11.1 Å². The quantitative estimate of drug-likeness (QED) is 0.664. The molecule has 0 aliphatic heterocycles. The van der Waals surface area contributed by atoms with Crippen molar-refractivity contribution in [3.8, 4) is 6.07 Å². The molecule has 0 aliphatic rings. The molecular formula is C12H8ClN7. The number of nitrogens with zero attached hydrogens (tertiary/aromatic N) is 4. The lowest BCUT2D eigenvalue weighted by Gasteiger charge is -2.08. The molecule has 0 fully saturated rings. The minimum Gasteiger partial charge on any atom is -0.368 e. The number of fused-ring (bicyclic) bond motifs is 1. The highest BCUT2D eigenvalue weighted by Crippen LogP contribution is 2.28. The van der Waals surface area contributed by atoms with Gasteiger partial charge in [0.15, 0.2) is 5.65 Å². The first-order valence-corrected chi connectivity index (χ1v) is 5.98. The van der Waals surface area contributed by atoms with E-state index in [2.05, 4.69) is 25.5 Å². The van der Waals surface area contributed by atoms with Gasteiger partial charge in [-0.15, -0.1) is 0 Å². The molecule has 0 saturated heterocycles. The van der Waals surface area contributed by atoms with Crippen LogP contribution < -0.4 is 11.1 Å². The van der Waals surface area contributed by atoms with E-state index < -0.39 is 0 Å². The molecule has 4 N–H and O–H groups in total. The molecule has 3 rings (SSSR count). The number of hydrogen-bond donors (Lipinski definition) is 3. The Kier molecular flexibility index (Phi) is 2.85. The van der Waals surface area contributed by atoms with Crippen LogP contribution in [0.25, 0.3) is 11.0 Å². The average molecular weight is 286 g/mol. The van der Waals surface area contributed by atoms with Gasteiger partial charge in [-0.25, -0.2) is 0 Å². The summed E-state index contributed by atoms with van der Waals surface area (Å²) in [5.74, 6) is 0.613. The van der Waals surface area contributed by atoms with Gasteiger partial charge in [-0.3, -0.25) is 5.10 Å². The third-order valence-corrected chi connectivity index (χ3v) is 2.99. The molecule has 0 unspecified atom stereocenters. The van der Waals surface area contributed by atoms with Gasteiger partial charge in [0, 0.05) is 0 Å². The average Bonchev–Trinajstić information content (AvgIpc) is 2.89. The summed E-state index contributed by atoms with van der Waals surface area (Å²) in [4.78, 5) is 8.14. The summed E-state index contributed by atoms with van der Waals surface area (Å²) in [6.45, 7) is 0. The van der Waals surface area contributed by atoms with Crippen LogP contribution in [0.15, 0.2) is 24.4 Å². The van der Waals surface area contributed by atoms with Crippen molar-refractivity contribution in [1.82, 2.24) is 20.2 Å². The first-order valence-electron chi connectivity index (χ1n) is 5.60. The standard InChI is InChI=1S/C12H8ClN7/c13-8-3-6(4-14)1-2-9(8)17-10-7-5-16-20-11(7)19-12(15)18-10/h1-3,5H,(H4,15,16,17,18,19,20). The highest BCUT2D eigenvalue weighted by Gasteiger charge is 2.10. The van der Waals surface area contributed by atoms with Gasteiger partial charge in [0.2, 0.25) is 5.95 Å². The third-order valence-electron chi connectivity index (χ3n) is 2.68. The predicted octanol–water partition coefficient (Wildman–Crippen LogP) is 2.20. The number of nitrogens with one attached hydrogen (secondary N) is 2. The molecule has 0 amide bonds. The second kappa shape index (κ2) is 4.68. The highest BCUT2D eigenvalue weighted by atomic mass is 35.5. The number of rotatable bonds is 2. The van der Waals surface area contributed by atoms with Crippen LogP contribution in [0.4, 0.5) is 17.5 Å². The molecule has 0 radical (unpaired) electrons. The lowest BCUT2D eigenvalue weighted by atomic mass is 10.2. The minimum absolute atomic E-state index is 0.119. The third kappa shape index (κ3) is 2.08. The molecule has 7 nitrogen and oxygen atoms in total. The second-order valence-electron chi connectivity index (χ2n) is 3.99. The van der Waals surface area contributed by atoms with Crippen molar-refractivity contribution in [3.05, 3.63) is 35.0 Å². The van der Waals surface area contributed by atoms with Crippen molar-refractivity contribution in [2.24, 2.45) is 0 Å². The van der Waals surface area contributed by atoms with Gasteiger partial charge in [0.1, 0.15) is 5.82 Å². The van der Waals surface area contributed by atoms with E-state index in [0.717, 1.165) is 0 Å². The van der Waals surface area contributed by atoms with Crippen molar-refractivity contribution in [3.63, 3.8) is 0 Å². The number of aromatic amines is 1. The zero-order valence-corrected chi connectivity index (χ0v) is 10.8. The van der Waals surface area contributed by atoms with E-state index in [1.165, 1.54) is 0 Å². The number of nitrogens with two attached hydrogens (primary N) is 1. The molecule has 1 aromatic carbocycles. The summed E-state index contributed by atoms with van der Waals surface area (Å²) in [5, 5.41) is 19.6. The normalized spacial score (nSPS) is 10.4. The fourth-order valence-electron chi connectivity index (χ4n) is 1.76. The van der Waals surface area contributed by atoms with Crippen molar-refractivity contribution < 1.29 is 0 Å². The Morgan fingerprint density at radius 3 is 2.95 bits per heavy atom. The van der Waals surface area contributed by atoms with E-state index in [1.54, 1.807) is 24.4 Å². The van der Waals surface area contributed by atoms with E-state index >= 15 is 0 Å². The van der Waals surface area contributed by atoms with Crippen molar-refractivity contribution in [1.29, 1.82) is 5.26 Å². The molecule has 0 saturated carbocycles. The summed E-state index contributed by atoms with van der Waals surface area (Å²) in [6.07, 6.45) is 1.59. The fraction of sp³-hybridized carbons (Fsp3) is 0. The molecule has 8 heteroatoms. The van der Waals surface area contributed by atoms with Gasteiger partial charge in [-0.2, -0.15) is 20.3 Å². The van der Waals surface area contributed by atoms with E-state index in [1.807, 2.05) is 6.07 Å².